The Hall–Kier alpha value is -2.21. The van der Waals surface area contributed by atoms with Crippen molar-refractivity contribution in [2.45, 2.75) is 17.6 Å². The molecule has 124 valence electrons. The number of ether oxygens (including phenoxy) is 3. The van der Waals surface area contributed by atoms with E-state index in [2.05, 4.69) is 0 Å². The van der Waals surface area contributed by atoms with E-state index in [4.69, 9.17) is 14.2 Å². The summed E-state index contributed by atoms with van der Waals surface area (Å²) in [5.41, 5.74) is 1.53. The first kappa shape index (κ1) is 17.1. The minimum Gasteiger partial charge on any atom is -0.493 e. The molecule has 0 fully saturated rings. The average molecular weight is 336 g/mol. The Labute approximate surface area is 136 Å². The molecule has 0 saturated heterocycles. The zero-order valence-electron chi connectivity index (χ0n) is 13.6. The summed E-state index contributed by atoms with van der Waals surface area (Å²) in [5.74, 6) is 1.05. The molecule has 0 heterocycles. The molecule has 0 unspecified atom stereocenters. The maximum atomic E-state index is 12.6. The standard InChI is InChI=1S/C17H20O5S/c1-12-5-8-14(9-6-12)23(18,19)11-13-7-10-15(20-2)17(22-4)16(13)21-3/h5-10H,11H2,1-4H3. The summed E-state index contributed by atoms with van der Waals surface area (Å²) < 4.78 is 41.1. The zero-order chi connectivity index (χ0) is 17.0. The molecule has 2 rings (SSSR count). The van der Waals surface area contributed by atoms with E-state index in [1.165, 1.54) is 21.3 Å². The van der Waals surface area contributed by atoms with Gasteiger partial charge >= 0.3 is 0 Å². The van der Waals surface area contributed by atoms with Gasteiger partial charge < -0.3 is 14.2 Å². The van der Waals surface area contributed by atoms with E-state index in [0.29, 0.717) is 22.8 Å². The molecule has 5 nitrogen and oxygen atoms in total. The lowest BCUT2D eigenvalue weighted by Crippen LogP contribution is -2.07. The van der Waals surface area contributed by atoms with Crippen molar-refractivity contribution in [2.24, 2.45) is 0 Å². The highest BCUT2D eigenvalue weighted by Crippen LogP contribution is 2.40. The molecule has 2 aromatic rings. The third-order valence-electron chi connectivity index (χ3n) is 3.51. The summed E-state index contributed by atoms with van der Waals surface area (Å²) in [6.45, 7) is 1.91. The van der Waals surface area contributed by atoms with Crippen LogP contribution in [0.25, 0.3) is 0 Å². The quantitative estimate of drug-likeness (QED) is 0.811. The number of sulfone groups is 1. The highest BCUT2D eigenvalue weighted by Gasteiger charge is 2.22. The predicted octanol–water partition coefficient (Wildman–Crippen LogP) is 2.99. The van der Waals surface area contributed by atoms with E-state index in [9.17, 15) is 8.42 Å². The molecule has 6 heteroatoms. The Bertz CT molecular complexity index is 779. The second-order valence-electron chi connectivity index (χ2n) is 5.07. The topological polar surface area (TPSA) is 61.8 Å². The van der Waals surface area contributed by atoms with Gasteiger partial charge in [-0.1, -0.05) is 23.8 Å². The molecule has 2 aromatic carbocycles. The fraction of sp³-hybridized carbons (Fsp3) is 0.294. The lowest BCUT2D eigenvalue weighted by atomic mass is 10.2. The van der Waals surface area contributed by atoms with Crippen molar-refractivity contribution < 1.29 is 22.6 Å². The molecule has 0 radical (unpaired) electrons. The van der Waals surface area contributed by atoms with E-state index in [1.54, 1.807) is 36.4 Å². The third-order valence-corrected chi connectivity index (χ3v) is 5.19. The highest BCUT2D eigenvalue weighted by molar-refractivity contribution is 7.90. The first-order valence-electron chi connectivity index (χ1n) is 7.00. The summed E-state index contributed by atoms with van der Waals surface area (Å²) in [5, 5.41) is 0. The molecular formula is C17H20O5S. The molecule has 0 aliphatic heterocycles. The van der Waals surface area contributed by atoms with E-state index >= 15 is 0 Å². The van der Waals surface area contributed by atoms with E-state index in [0.717, 1.165) is 5.56 Å². The largest absolute Gasteiger partial charge is 0.493 e. The van der Waals surface area contributed by atoms with Crippen molar-refractivity contribution in [2.75, 3.05) is 21.3 Å². The fourth-order valence-corrected chi connectivity index (χ4v) is 3.66. The van der Waals surface area contributed by atoms with Crippen molar-refractivity contribution in [1.29, 1.82) is 0 Å². The van der Waals surface area contributed by atoms with Gasteiger partial charge in [-0.15, -0.1) is 0 Å². The molecule has 0 N–H and O–H groups in total. The second kappa shape index (κ2) is 6.91. The molecule has 0 aromatic heterocycles. The van der Waals surface area contributed by atoms with Crippen molar-refractivity contribution >= 4 is 9.84 Å². The average Bonchev–Trinajstić information content (AvgIpc) is 2.54. The Balaban J connectivity index is 2.45. The Morgan fingerprint density at radius 1 is 0.826 bits per heavy atom. The summed E-state index contributed by atoms with van der Waals surface area (Å²) in [6, 6.07) is 10.1. The molecule has 0 saturated carbocycles. The number of methoxy groups -OCH3 is 3. The molecule has 0 amide bonds. The van der Waals surface area contributed by atoms with Crippen LogP contribution in [0.5, 0.6) is 17.2 Å². The van der Waals surface area contributed by atoms with Crippen LogP contribution in [0, 0.1) is 6.92 Å². The fourth-order valence-electron chi connectivity index (χ4n) is 2.31. The van der Waals surface area contributed by atoms with Crippen LogP contribution in [-0.4, -0.2) is 29.7 Å². The van der Waals surface area contributed by atoms with Crippen molar-refractivity contribution in [3.63, 3.8) is 0 Å². The van der Waals surface area contributed by atoms with Crippen LogP contribution in [0.1, 0.15) is 11.1 Å². The smallest absolute Gasteiger partial charge is 0.203 e. The summed E-state index contributed by atoms with van der Waals surface area (Å²) >= 11 is 0. The van der Waals surface area contributed by atoms with Gasteiger partial charge in [0.15, 0.2) is 21.3 Å². The van der Waals surface area contributed by atoms with Gasteiger partial charge in [-0.25, -0.2) is 8.42 Å². The second-order valence-corrected chi connectivity index (χ2v) is 7.06. The van der Waals surface area contributed by atoms with Crippen LogP contribution in [0.3, 0.4) is 0 Å². The van der Waals surface area contributed by atoms with Crippen LogP contribution in [0.4, 0.5) is 0 Å². The van der Waals surface area contributed by atoms with Crippen LogP contribution < -0.4 is 14.2 Å². The van der Waals surface area contributed by atoms with Crippen LogP contribution in [0.15, 0.2) is 41.3 Å². The minimum atomic E-state index is -3.48. The van der Waals surface area contributed by atoms with Gasteiger partial charge in [-0.2, -0.15) is 0 Å². The maximum absolute atomic E-state index is 12.6. The number of rotatable bonds is 6. The Morgan fingerprint density at radius 3 is 1.96 bits per heavy atom. The van der Waals surface area contributed by atoms with Gasteiger partial charge in [0.2, 0.25) is 5.75 Å². The minimum absolute atomic E-state index is 0.181. The molecule has 0 spiro atoms. The number of hydrogen-bond donors (Lipinski definition) is 0. The summed E-state index contributed by atoms with van der Waals surface area (Å²) in [7, 11) is 0.987. The van der Waals surface area contributed by atoms with Crippen LogP contribution >= 0.6 is 0 Å². The molecule has 0 aliphatic rings. The molecule has 0 bridgehead atoms. The molecular weight excluding hydrogens is 316 g/mol. The summed E-state index contributed by atoms with van der Waals surface area (Å²) in [4.78, 5) is 0.278. The summed E-state index contributed by atoms with van der Waals surface area (Å²) in [6.07, 6.45) is 0. The monoisotopic (exact) mass is 336 g/mol. The van der Waals surface area contributed by atoms with Gasteiger partial charge in [-0.3, -0.25) is 0 Å². The first-order chi connectivity index (χ1) is 10.9. The van der Waals surface area contributed by atoms with Gasteiger partial charge in [0.05, 0.1) is 32.0 Å². The van der Waals surface area contributed by atoms with E-state index in [-0.39, 0.29) is 10.6 Å². The first-order valence-corrected chi connectivity index (χ1v) is 8.65. The van der Waals surface area contributed by atoms with Crippen molar-refractivity contribution in [3.8, 4) is 17.2 Å². The van der Waals surface area contributed by atoms with Gasteiger partial charge in [0.1, 0.15) is 0 Å². The zero-order valence-corrected chi connectivity index (χ0v) is 14.4. The van der Waals surface area contributed by atoms with Gasteiger partial charge in [-0.05, 0) is 25.1 Å². The van der Waals surface area contributed by atoms with Gasteiger partial charge in [0, 0.05) is 5.56 Å². The number of hydrogen-bond acceptors (Lipinski definition) is 5. The van der Waals surface area contributed by atoms with Crippen LogP contribution in [0.2, 0.25) is 0 Å². The third kappa shape index (κ3) is 3.59. The Morgan fingerprint density at radius 2 is 1.43 bits per heavy atom. The number of benzene rings is 2. The van der Waals surface area contributed by atoms with Crippen LogP contribution in [-0.2, 0) is 15.6 Å². The van der Waals surface area contributed by atoms with Gasteiger partial charge in [0.25, 0.3) is 0 Å². The lowest BCUT2D eigenvalue weighted by Gasteiger charge is -2.16. The molecule has 23 heavy (non-hydrogen) atoms. The molecule has 0 aliphatic carbocycles. The predicted molar refractivity (Wildman–Crippen MR) is 88.2 cm³/mol. The maximum Gasteiger partial charge on any atom is 0.203 e. The lowest BCUT2D eigenvalue weighted by molar-refractivity contribution is 0.322. The van der Waals surface area contributed by atoms with E-state index < -0.39 is 9.84 Å². The number of aryl methyl sites for hydroxylation is 1. The normalized spacial score (nSPS) is 11.1. The highest BCUT2D eigenvalue weighted by atomic mass is 32.2. The van der Waals surface area contributed by atoms with Crippen molar-refractivity contribution in [3.05, 3.63) is 47.5 Å². The SMILES string of the molecule is COc1ccc(CS(=O)(=O)c2ccc(C)cc2)c(OC)c1OC. The van der Waals surface area contributed by atoms with Crippen molar-refractivity contribution in [1.82, 2.24) is 0 Å². The molecule has 0 atom stereocenters. The Kier molecular flexibility index (Phi) is 5.15. The van der Waals surface area contributed by atoms with E-state index in [1.807, 2.05) is 6.92 Å².